The Morgan fingerprint density at radius 2 is 2.04 bits per heavy atom. The topological polar surface area (TPSA) is 111 Å². The third-order valence-corrected chi connectivity index (χ3v) is 4.32. The predicted octanol–water partition coefficient (Wildman–Crippen LogP) is 3.90. The first kappa shape index (κ1) is 17.6. The first-order valence-electron chi connectivity index (χ1n) is 7.59. The minimum absolute atomic E-state index is 0.0255. The van der Waals surface area contributed by atoms with Crippen LogP contribution in [0.1, 0.15) is 12.8 Å². The number of hydrogen-bond donors (Lipinski definition) is 1. The molecule has 1 aromatic heterocycles. The highest BCUT2D eigenvalue weighted by Crippen LogP contribution is 2.26. The molecule has 132 valence electrons. The van der Waals surface area contributed by atoms with E-state index in [1.165, 1.54) is 30.8 Å². The van der Waals surface area contributed by atoms with E-state index in [2.05, 4.69) is 15.5 Å². The van der Waals surface area contributed by atoms with Crippen molar-refractivity contribution in [2.45, 2.75) is 17.6 Å². The van der Waals surface area contributed by atoms with Crippen LogP contribution in [0.2, 0.25) is 0 Å². The van der Waals surface area contributed by atoms with E-state index < -0.39 is 4.92 Å². The van der Waals surface area contributed by atoms with Gasteiger partial charge in [-0.25, -0.2) is 0 Å². The lowest BCUT2D eigenvalue weighted by Gasteiger charge is -2.03. The number of thioether (sulfide) groups is 1. The Morgan fingerprint density at radius 3 is 2.73 bits per heavy atom. The van der Waals surface area contributed by atoms with E-state index in [-0.39, 0.29) is 11.6 Å². The van der Waals surface area contributed by atoms with E-state index in [1.54, 1.807) is 12.1 Å². The number of nitro groups is 1. The molecule has 0 aliphatic rings. The molecule has 0 fully saturated rings. The molecule has 1 amide bonds. The van der Waals surface area contributed by atoms with Crippen LogP contribution in [0, 0.1) is 10.1 Å². The van der Waals surface area contributed by atoms with Gasteiger partial charge in [-0.2, -0.15) is 4.98 Å². The van der Waals surface area contributed by atoms with Crippen LogP contribution < -0.4 is 5.32 Å². The summed E-state index contributed by atoms with van der Waals surface area (Å²) in [5.41, 5.74) is 1.23. The van der Waals surface area contributed by atoms with Gasteiger partial charge < -0.3 is 9.84 Å². The zero-order valence-corrected chi connectivity index (χ0v) is 14.5. The zero-order chi connectivity index (χ0) is 18.5. The van der Waals surface area contributed by atoms with Gasteiger partial charge in [0.05, 0.1) is 10.7 Å². The second-order valence-corrected chi connectivity index (χ2v) is 6.36. The fourth-order valence-corrected chi connectivity index (χ4v) is 2.91. The Morgan fingerprint density at radius 1 is 1.27 bits per heavy atom. The molecule has 0 saturated carbocycles. The second-order valence-electron chi connectivity index (χ2n) is 5.31. The number of hydrogen-bond acceptors (Lipinski definition) is 7. The third-order valence-electron chi connectivity index (χ3n) is 3.32. The van der Waals surface area contributed by atoms with Gasteiger partial charge in [-0.15, -0.1) is 11.8 Å². The fourth-order valence-electron chi connectivity index (χ4n) is 2.17. The van der Waals surface area contributed by atoms with Gasteiger partial charge in [0.15, 0.2) is 0 Å². The molecule has 1 N–H and O–H groups in total. The van der Waals surface area contributed by atoms with Crippen LogP contribution in [0.3, 0.4) is 0 Å². The number of anilines is 1. The molecule has 0 aliphatic heterocycles. The van der Waals surface area contributed by atoms with Crippen molar-refractivity contribution in [3.63, 3.8) is 0 Å². The monoisotopic (exact) mass is 370 g/mol. The number of aromatic nitrogens is 2. The zero-order valence-electron chi connectivity index (χ0n) is 13.7. The summed E-state index contributed by atoms with van der Waals surface area (Å²) in [5.74, 6) is 1.07. The van der Waals surface area contributed by atoms with E-state index in [0.717, 1.165) is 10.6 Å². The molecule has 8 nitrogen and oxygen atoms in total. The molecule has 0 bridgehead atoms. The number of nitro benzene ring substituents is 1. The van der Waals surface area contributed by atoms with Crippen molar-refractivity contribution in [2.75, 3.05) is 5.32 Å². The van der Waals surface area contributed by atoms with Crippen molar-refractivity contribution in [2.24, 2.45) is 0 Å². The SMILES string of the molecule is CC(=O)Nc1ccc(SCc2nc(-c3cccc([N+](=O)[O-])c3)no2)cc1. The third kappa shape index (κ3) is 4.45. The predicted molar refractivity (Wildman–Crippen MR) is 96.7 cm³/mol. The fraction of sp³-hybridized carbons (Fsp3) is 0.118. The van der Waals surface area contributed by atoms with Gasteiger partial charge in [0.1, 0.15) is 0 Å². The van der Waals surface area contributed by atoms with E-state index >= 15 is 0 Å². The van der Waals surface area contributed by atoms with Crippen molar-refractivity contribution in [1.29, 1.82) is 0 Å². The van der Waals surface area contributed by atoms with Crippen LogP contribution in [-0.2, 0) is 10.5 Å². The highest BCUT2D eigenvalue weighted by atomic mass is 32.2. The largest absolute Gasteiger partial charge is 0.338 e. The van der Waals surface area contributed by atoms with Crippen LogP contribution in [0.5, 0.6) is 0 Å². The summed E-state index contributed by atoms with van der Waals surface area (Å²) in [7, 11) is 0. The quantitative estimate of drug-likeness (QED) is 0.398. The van der Waals surface area contributed by atoms with E-state index in [1.807, 2.05) is 24.3 Å². The first-order chi connectivity index (χ1) is 12.5. The Labute approximate surface area is 152 Å². The highest BCUT2D eigenvalue weighted by molar-refractivity contribution is 7.98. The average molecular weight is 370 g/mol. The Bertz CT molecular complexity index is 940. The van der Waals surface area contributed by atoms with E-state index in [0.29, 0.717) is 23.0 Å². The number of amides is 1. The maximum absolute atomic E-state index is 11.0. The van der Waals surface area contributed by atoms with Crippen LogP contribution in [0.4, 0.5) is 11.4 Å². The van der Waals surface area contributed by atoms with Crippen LogP contribution in [0.15, 0.2) is 57.9 Å². The first-order valence-corrected chi connectivity index (χ1v) is 8.58. The van der Waals surface area contributed by atoms with Crippen LogP contribution in [-0.4, -0.2) is 21.0 Å². The van der Waals surface area contributed by atoms with Crippen LogP contribution >= 0.6 is 11.8 Å². The van der Waals surface area contributed by atoms with Gasteiger partial charge in [0.25, 0.3) is 5.69 Å². The van der Waals surface area contributed by atoms with Gasteiger partial charge in [0, 0.05) is 35.2 Å². The van der Waals surface area contributed by atoms with Crippen LogP contribution in [0.25, 0.3) is 11.4 Å². The molecule has 3 rings (SSSR count). The Kier molecular flexibility index (Phi) is 5.28. The standard InChI is InChI=1S/C17H14N4O4S/c1-11(22)18-13-5-7-15(8-6-13)26-10-16-19-17(20-25-16)12-3-2-4-14(9-12)21(23)24/h2-9H,10H2,1H3,(H,18,22). The smallest absolute Gasteiger partial charge is 0.270 e. The second kappa shape index (κ2) is 7.79. The molecule has 1 heterocycles. The maximum Gasteiger partial charge on any atom is 0.270 e. The number of nitrogens with zero attached hydrogens (tertiary/aromatic N) is 3. The number of rotatable bonds is 6. The van der Waals surface area contributed by atoms with Crippen molar-refractivity contribution in [3.05, 3.63) is 64.5 Å². The summed E-state index contributed by atoms with van der Waals surface area (Å²) in [6.45, 7) is 1.46. The minimum atomic E-state index is -0.467. The molecule has 2 aromatic carbocycles. The summed E-state index contributed by atoms with van der Waals surface area (Å²) in [5, 5.41) is 17.4. The number of non-ortho nitro benzene ring substituents is 1. The molecular formula is C17H14N4O4S. The lowest BCUT2D eigenvalue weighted by Crippen LogP contribution is -2.05. The highest BCUT2D eigenvalue weighted by Gasteiger charge is 2.13. The summed E-state index contributed by atoms with van der Waals surface area (Å²) in [6.07, 6.45) is 0. The lowest BCUT2D eigenvalue weighted by atomic mass is 10.2. The van der Waals surface area contributed by atoms with Crippen molar-refractivity contribution in [3.8, 4) is 11.4 Å². The molecule has 3 aromatic rings. The molecule has 26 heavy (non-hydrogen) atoms. The maximum atomic E-state index is 11.0. The number of carbonyl (C=O) groups excluding carboxylic acids is 1. The van der Waals surface area contributed by atoms with E-state index in [4.69, 9.17) is 4.52 Å². The minimum Gasteiger partial charge on any atom is -0.338 e. The number of benzene rings is 2. The molecule has 0 aliphatic carbocycles. The summed E-state index contributed by atoms with van der Waals surface area (Å²) >= 11 is 1.50. The molecule has 0 spiro atoms. The number of carbonyl (C=O) groups is 1. The van der Waals surface area contributed by atoms with Gasteiger partial charge in [-0.05, 0) is 24.3 Å². The molecular weight excluding hydrogens is 356 g/mol. The molecule has 0 atom stereocenters. The van der Waals surface area contributed by atoms with Gasteiger partial charge in [-0.1, -0.05) is 17.3 Å². The Hall–Kier alpha value is -3.20. The molecule has 0 radical (unpaired) electrons. The van der Waals surface area contributed by atoms with Crippen molar-refractivity contribution < 1.29 is 14.2 Å². The van der Waals surface area contributed by atoms with Crippen molar-refractivity contribution >= 4 is 29.0 Å². The van der Waals surface area contributed by atoms with Gasteiger partial charge >= 0.3 is 0 Å². The van der Waals surface area contributed by atoms with Crippen molar-refractivity contribution in [1.82, 2.24) is 10.1 Å². The lowest BCUT2D eigenvalue weighted by molar-refractivity contribution is -0.384. The summed E-state index contributed by atoms with van der Waals surface area (Å²) in [6, 6.07) is 13.5. The summed E-state index contributed by atoms with van der Waals surface area (Å²) in [4.78, 5) is 26.6. The Balaban J connectivity index is 1.64. The molecule has 9 heteroatoms. The van der Waals surface area contributed by atoms with E-state index in [9.17, 15) is 14.9 Å². The molecule has 0 saturated heterocycles. The van der Waals surface area contributed by atoms with Gasteiger partial charge in [-0.3, -0.25) is 14.9 Å². The number of nitrogens with one attached hydrogen (secondary N) is 1. The normalized spacial score (nSPS) is 10.5. The van der Waals surface area contributed by atoms with Gasteiger partial charge in [0.2, 0.25) is 17.6 Å². The molecule has 0 unspecified atom stereocenters. The summed E-state index contributed by atoms with van der Waals surface area (Å²) < 4.78 is 5.21. The average Bonchev–Trinajstić information content (AvgIpc) is 3.10.